The van der Waals surface area contributed by atoms with Gasteiger partial charge >= 0.3 is 0 Å². The van der Waals surface area contributed by atoms with Gasteiger partial charge in [-0.1, -0.05) is 54.6 Å². The zero-order chi connectivity index (χ0) is 20.1. The first kappa shape index (κ1) is 18.4. The van der Waals surface area contributed by atoms with E-state index in [0.29, 0.717) is 0 Å². The lowest BCUT2D eigenvalue weighted by Gasteiger charge is -2.08. The fourth-order valence-corrected chi connectivity index (χ4v) is 3.20. The number of hydrogen-bond donors (Lipinski definition) is 3. The van der Waals surface area contributed by atoms with Gasteiger partial charge in [0, 0.05) is 46.6 Å². The lowest BCUT2D eigenvalue weighted by atomic mass is 10.1. The molecule has 6 heteroatoms. The highest BCUT2D eigenvalue weighted by molar-refractivity contribution is 6.03. The van der Waals surface area contributed by atoms with Gasteiger partial charge in [0.05, 0.1) is 6.21 Å². The van der Waals surface area contributed by atoms with Crippen LogP contribution in [0.2, 0.25) is 0 Å². The van der Waals surface area contributed by atoms with Crippen LogP contribution in [0, 0.1) is 0 Å². The van der Waals surface area contributed by atoms with Crippen LogP contribution in [0.3, 0.4) is 0 Å². The molecule has 0 saturated heterocycles. The number of benzene rings is 3. The molecule has 0 atom stereocenters. The molecule has 2 amide bonds. The molecule has 4 rings (SSSR count). The van der Waals surface area contributed by atoms with E-state index in [0.717, 1.165) is 32.9 Å². The second-order valence-corrected chi connectivity index (χ2v) is 6.66. The van der Waals surface area contributed by atoms with E-state index in [9.17, 15) is 9.59 Å². The number of carbonyl (C=O) groups is 2. The third-order valence-electron chi connectivity index (χ3n) is 4.66. The normalized spacial score (nSPS) is 11.2. The first-order valence-corrected chi connectivity index (χ1v) is 9.36. The molecule has 0 aliphatic rings. The van der Waals surface area contributed by atoms with Gasteiger partial charge in [-0.2, -0.15) is 5.10 Å². The van der Waals surface area contributed by atoms with E-state index >= 15 is 0 Å². The summed E-state index contributed by atoms with van der Waals surface area (Å²) in [7, 11) is 0. The van der Waals surface area contributed by atoms with Crippen molar-refractivity contribution in [1.29, 1.82) is 0 Å². The summed E-state index contributed by atoms with van der Waals surface area (Å²) in [5.74, 6) is -0.522. The van der Waals surface area contributed by atoms with Crippen LogP contribution in [0.15, 0.2) is 78.0 Å². The van der Waals surface area contributed by atoms with Crippen LogP contribution in [0.25, 0.3) is 21.7 Å². The zero-order valence-electron chi connectivity index (χ0n) is 15.7. The topological polar surface area (TPSA) is 86.3 Å². The third kappa shape index (κ3) is 4.32. The molecule has 0 aliphatic carbocycles. The molecule has 0 aliphatic heterocycles. The van der Waals surface area contributed by atoms with Crippen molar-refractivity contribution >= 4 is 45.4 Å². The standard InChI is InChI=1S/C23H20N4O2/c28-22(26-21-11-5-7-16-6-1-2-8-18(16)21)12-13-23(29)27-25-15-17-14-24-20-10-4-3-9-19(17)20/h1-11,14-15,24H,12-13H2,(H,26,28)(H,27,29)/b25-15-. The van der Waals surface area contributed by atoms with Gasteiger partial charge in [0.15, 0.2) is 0 Å². The number of hydrazone groups is 1. The number of nitrogens with zero attached hydrogens (tertiary/aromatic N) is 1. The summed E-state index contributed by atoms with van der Waals surface area (Å²) in [6, 6.07) is 21.4. The maximum atomic E-state index is 12.2. The quantitative estimate of drug-likeness (QED) is 0.344. The monoisotopic (exact) mass is 384 g/mol. The number of anilines is 1. The van der Waals surface area contributed by atoms with Crippen LogP contribution in [-0.4, -0.2) is 23.0 Å². The number of nitrogens with one attached hydrogen (secondary N) is 3. The van der Waals surface area contributed by atoms with Gasteiger partial charge in [-0.25, -0.2) is 5.43 Å². The summed E-state index contributed by atoms with van der Waals surface area (Å²) < 4.78 is 0. The second-order valence-electron chi connectivity index (χ2n) is 6.66. The van der Waals surface area contributed by atoms with Crippen molar-refractivity contribution in [3.05, 3.63) is 78.5 Å². The molecule has 3 N–H and O–H groups in total. The largest absolute Gasteiger partial charge is 0.361 e. The van der Waals surface area contributed by atoms with Crippen molar-refractivity contribution in [2.24, 2.45) is 5.10 Å². The molecule has 144 valence electrons. The molecule has 0 fully saturated rings. The number of H-pyrrole nitrogens is 1. The Hall–Kier alpha value is -3.93. The summed E-state index contributed by atoms with van der Waals surface area (Å²) in [4.78, 5) is 27.4. The number of amides is 2. The third-order valence-corrected chi connectivity index (χ3v) is 4.66. The van der Waals surface area contributed by atoms with Crippen molar-refractivity contribution in [3.63, 3.8) is 0 Å². The van der Waals surface area contributed by atoms with Gasteiger partial charge in [-0.05, 0) is 17.5 Å². The van der Waals surface area contributed by atoms with Gasteiger partial charge in [0.1, 0.15) is 0 Å². The maximum absolute atomic E-state index is 12.2. The van der Waals surface area contributed by atoms with Crippen LogP contribution in [-0.2, 0) is 9.59 Å². The smallest absolute Gasteiger partial charge is 0.240 e. The second kappa shape index (κ2) is 8.39. The predicted octanol–water partition coefficient (Wildman–Crippen LogP) is 4.19. The zero-order valence-corrected chi connectivity index (χ0v) is 15.7. The predicted molar refractivity (Wildman–Crippen MR) is 116 cm³/mol. The molecule has 0 bridgehead atoms. The van der Waals surface area contributed by atoms with E-state index < -0.39 is 0 Å². The Morgan fingerprint density at radius 2 is 1.59 bits per heavy atom. The summed E-state index contributed by atoms with van der Waals surface area (Å²) >= 11 is 0. The highest BCUT2D eigenvalue weighted by Crippen LogP contribution is 2.23. The average Bonchev–Trinajstić information content (AvgIpc) is 3.16. The van der Waals surface area contributed by atoms with Crippen LogP contribution in [0.5, 0.6) is 0 Å². The van der Waals surface area contributed by atoms with E-state index in [4.69, 9.17) is 0 Å². The minimum atomic E-state index is -0.311. The molecule has 0 spiro atoms. The Kier molecular flexibility index (Phi) is 5.33. The van der Waals surface area contributed by atoms with Crippen LogP contribution >= 0.6 is 0 Å². The molecule has 4 aromatic rings. The Balaban J connectivity index is 1.29. The van der Waals surface area contributed by atoms with Gasteiger partial charge in [0.25, 0.3) is 0 Å². The van der Waals surface area contributed by atoms with E-state index in [1.807, 2.05) is 72.9 Å². The summed E-state index contributed by atoms with van der Waals surface area (Å²) in [5, 5.41) is 9.91. The molecule has 3 aromatic carbocycles. The first-order chi connectivity index (χ1) is 14.2. The van der Waals surface area contributed by atoms with E-state index in [1.54, 1.807) is 6.21 Å². The Bertz CT molecular complexity index is 1200. The highest BCUT2D eigenvalue weighted by atomic mass is 16.2. The van der Waals surface area contributed by atoms with Crippen LogP contribution in [0.1, 0.15) is 18.4 Å². The molecule has 6 nitrogen and oxygen atoms in total. The Labute approximate surface area is 167 Å². The van der Waals surface area contributed by atoms with Crippen molar-refractivity contribution < 1.29 is 9.59 Å². The molecule has 0 radical (unpaired) electrons. The fraction of sp³-hybridized carbons (Fsp3) is 0.0870. The summed E-state index contributed by atoms with van der Waals surface area (Å²) in [5.41, 5.74) is 5.10. The SMILES string of the molecule is O=C(CCC(=O)Nc1cccc2ccccc12)N/N=C\c1c[nH]c2ccccc12. The Morgan fingerprint density at radius 1 is 0.862 bits per heavy atom. The highest BCUT2D eigenvalue weighted by Gasteiger charge is 2.08. The summed E-state index contributed by atoms with van der Waals surface area (Å²) in [6.45, 7) is 0. The van der Waals surface area contributed by atoms with Gasteiger partial charge in [-0.3, -0.25) is 9.59 Å². The molecule has 0 unspecified atom stereocenters. The fourth-order valence-electron chi connectivity index (χ4n) is 3.20. The molecule has 29 heavy (non-hydrogen) atoms. The van der Waals surface area contributed by atoms with Crippen LogP contribution in [0.4, 0.5) is 5.69 Å². The number of rotatable bonds is 6. The summed E-state index contributed by atoms with van der Waals surface area (Å²) in [6.07, 6.45) is 3.56. The number of para-hydroxylation sites is 1. The van der Waals surface area contributed by atoms with E-state index in [-0.39, 0.29) is 24.7 Å². The number of hydrogen-bond acceptors (Lipinski definition) is 3. The first-order valence-electron chi connectivity index (χ1n) is 9.36. The molecule has 0 saturated carbocycles. The molecule has 1 aromatic heterocycles. The van der Waals surface area contributed by atoms with Crippen molar-refractivity contribution in [1.82, 2.24) is 10.4 Å². The van der Waals surface area contributed by atoms with Gasteiger partial charge in [-0.15, -0.1) is 0 Å². The van der Waals surface area contributed by atoms with Gasteiger partial charge in [0.2, 0.25) is 11.8 Å². The number of fused-ring (bicyclic) bond motifs is 2. The number of carbonyl (C=O) groups excluding carboxylic acids is 2. The lowest BCUT2D eigenvalue weighted by Crippen LogP contribution is -2.20. The van der Waals surface area contributed by atoms with Crippen LogP contribution < -0.4 is 10.7 Å². The maximum Gasteiger partial charge on any atom is 0.240 e. The number of aromatic amines is 1. The lowest BCUT2D eigenvalue weighted by molar-refractivity contribution is -0.124. The van der Waals surface area contributed by atoms with E-state index in [1.165, 1.54) is 0 Å². The average molecular weight is 384 g/mol. The van der Waals surface area contributed by atoms with Gasteiger partial charge < -0.3 is 10.3 Å². The van der Waals surface area contributed by atoms with E-state index in [2.05, 4.69) is 20.8 Å². The minimum absolute atomic E-state index is 0.0574. The molecular formula is C23H20N4O2. The Morgan fingerprint density at radius 3 is 2.48 bits per heavy atom. The van der Waals surface area contributed by atoms with Crippen molar-refractivity contribution in [3.8, 4) is 0 Å². The van der Waals surface area contributed by atoms with Crippen molar-refractivity contribution in [2.45, 2.75) is 12.8 Å². The van der Waals surface area contributed by atoms with Crippen molar-refractivity contribution in [2.75, 3.05) is 5.32 Å². The minimum Gasteiger partial charge on any atom is -0.361 e. The molecular weight excluding hydrogens is 364 g/mol. The number of aromatic nitrogens is 1. The molecule has 1 heterocycles.